The molecule has 2 bridgehead atoms. The van der Waals surface area contributed by atoms with Gasteiger partial charge in [0.05, 0.1) is 12.0 Å². The minimum absolute atomic E-state index is 0.372. The molecule has 2 heteroatoms. The standard InChI is InChI=1S/C7H10N2/c8-3-5-1-7-2-6(5)4-9-7/h5-7,9H,1-2,4H2/t5-,6-,7-/m1/s1. The first-order valence-electron chi connectivity index (χ1n) is 3.53. The highest BCUT2D eigenvalue weighted by molar-refractivity contribution is 5.03. The summed E-state index contributed by atoms with van der Waals surface area (Å²) in [5, 5.41) is 12.0. The normalized spacial score (nSPS) is 47.2. The zero-order chi connectivity index (χ0) is 6.27. The van der Waals surface area contributed by atoms with Gasteiger partial charge in [-0.3, -0.25) is 0 Å². The first kappa shape index (κ1) is 5.25. The SMILES string of the molecule is N#C[C@H]1C[C@@H]2C[C@@H]1CN2. The highest BCUT2D eigenvalue weighted by Gasteiger charge is 2.39. The summed E-state index contributed by atoms with van der Waals surface area (Å²) in [6.07, 6.45) is 2.35. The second-order valence-electron chi connectivity index (χ2n) is 3.07. The molecule has 0 amide bonds. The molecule has 0 spiro atoms. The number of fused-ring (bicyclic) bond motifs is 2. The first-order valence-corrected chi connectivity index (χ1v) is 3.53. The molecule has 0 radical (unpaired) electrons. The topological polar surface area (TPSA) is 35.8 Å². The molecule has 1 aliphatic carbocycles. The molecule has 1 aliphatic heterocycles. The number of nitriles is 1. The molecule has 0 aromatic heterocycles. The lowest BCUT2D eigenvalue weighted by Crippen LogP contribution is -2.28. The lowest BCUT2D eigenvalue weighted by atomic mass is 9.97. The van der Waals surface area contributed by atoms with Crippen LogP contribution in [0.1, 0.15) is 12.8 Å². The lowest BCUT2D eigenvalue weighted by molar-refractivity contribution is 0.423. The molecular formula is C7H10N2. The van der Waals surface area contributed by atoms with Crippen molar-refractivity contribution in [3.8, 4) is 6.07 Å². The Kier molecular flexibility index (Phi) is 1.000. The van der Waals surface area contributed by atoms with Gasteiger partial charge in [0.15, 0.2) is 0 Å². The largest absolute Gasteiger partial charge is 0.314 e. The molecule has 48 valence electrons. The Hall–Kier alpha value is -0.550. The van der Waals surface area contributed by atoms with E-state index in [4.69, 9.17) is 5.26 Å². The molecule has 2 fully saturated rings. The van der Waals surface area contributed by atoms with Crippen molar-refractivity contribution in [2.45, 2.75) is 18.9 Å². The summed E-state index contributed by atoms with van der Waals surface area (Å²) in [4.78, 5) is 0. The Balaban J connectivity index is 2.12. The summed E-state index contributed by atoms with van der Waals surface area (Å²) in [5.74, 6) is 1.05. The van der Waals surface area contributed by atoms with Crippen molar-refractivity contribution >= 4 is 0 Å². The van der Waals surface area contributed by atoms with Gasteiger partial charge in [-0.25, -0.2) is 0 Å². The molecule has 2 aliphatic rings. The van der Waals surface area contributed by atoms with Gasteiger partial charge in [0, 0.05) is 6.04 Å². The zero-order valence-electron chi connectivity index (χ0n) is 5.30. The third kappa shape index (κ3) is 0.650. The molecule has 3 atom stereocenters. The average molecular weight is 122 g/mol. The highest BCUT2D eigenvalue weighted by Crippen LogP contribution is 2.35. The second kappa shape index (κ2) is 1.71. The van der Waals surface area contributed by atoms with Crippen LogP contribution in [0.4, 0.5) is 0 Å². The van der Waals surface area contributed by atoms with Crippen molar-refractivity contribution in [3.63, 3.8) is 0 Å². The van der Waals surface area contributed by atoms with Crippen LogP contribution in [0.2, 0.25) is 0 Å². The maximum atomic E-state index is 8.61. The van der Waals surface area contributed by atoms with Gasteiger partial charge < -0.3 is 5.32 Å². The maximum Gasteiger partial charge on any atom is 0.0659 e. The molecule has 1 heterocycles. The number of nitrogens with zero attached hydrogens (tertiary/aromatic N) is 1. The van der Waals surface area contributed by atoms with Crippen molar-refractivity contribution in [2.75, 3.05) is 6.54 Å². The molecule has 0 unspecified atom stereocenters. The Bertz CT molecular complexity index is 159. The van der Waals surface area contributed by atoms with Crippen LogP contribution in [-0.4, -0.2) is 12.6 Å². The molecule has 0 aromatic carbocycles. The van der Waals surface area contributed by atoms with E-state index in [1.54, 1.807) is 0 Å². The van der Waals surface area contributed by atoms with Crippen molar-refractivity contribution in [3.05, 3.63) is 0 Å². The lowest BCUT2D eigenvalue weighted by Gasteiger charge is -2.14. The fourth-order valence-corrected chi connectivity index (χ4v) is 1.99. The Morgan fingerprint density at radius 3 is 2.67 bits per heavy atom. The second-order valence-corrected chi connectivity index (χ2v) is 3.07. The fourth-order valence-electron chi connectivity index (χ4n) is 1.99. The summed E-state index contributed by atoms with van der Waals surface area (Å²) in [7, 11) is 0. The maximum absolute atomic E-state index is 8.61. The summed E-state index contributed by atoms with van der Waals surface area (Å²) in [6, 6.07) is 3.04. The van der Waals surface area contributed by atoms with E-state index in [1.807, 2.05) is 0 Å². The number of hydrogen-bond donors (Lipinski definition) is 1. The van der Waals surface area contributed by atoms with Crippen LogP contribution in [0.5, 0.6) is 0 Å². The first-order chi connectivity index (χ1) is 4.40. The Morgan fingerprint density at radius 1 is 1.44 bits per heavy atom. The summed E-state index contributed by atoms with van der Waals surface area (Å²) < 4.78 is 0. The number of hydrogen-bond acceptors (Lipinski definition) is 2. The van der Waals surface area contributed by atoms with Crippen molar-refractivity contribution in [2.24, 2.45) is 11.8 Å². The molecule has 2 nitrogen and oxygen atoms in total. The van der Waals surface area contributed by atoms with Crippen molar-refractivity contribution in [1.29, 1.82) is 5.26 Å². The third-order valence-corrected chi connectivity index (χ3v) is 2.53. The highest BCUT2D eigenvalue weighted by atomic mass is 15.0. The molecule has 1 saturated heterocycles. The number of piperidine rings is 1. The van der Waals surface area contributed by atoms with E-state index >= 15 is 0 Å². The predicted molar refractivity (Wildman–Crippen MR) is 33.6 cm³/mol. The molecule has 2 rings (SSSR count). The van der Waals surface area contributed by atoms with Crippen LogP contribution in [0.25, 0.3) is 0 Å². The van der Waals surface area contributed by atoms with Crippen LogP contribution in [-0.2, 0) is 0 Å². The van der Waals surface area contributed by atoms with Gasteiger partial charge in [0.1, 0.15) is 0 Å². The Labute approximate surface area is 54.9 Å². The predicted octanol–water partition coefficient (Wildman–Crippen LogP) is 0.508. The van der Waals surface area contributed by atoms with E-state index in [0.717, 1.165) is 13.0 Å². The van der Waals surface area contributed by atoms with Gasteiger partial charge in [-0.2, -0.15) is 5.26 Å². The van der Waals surface area contributed by atoms with E-state index in [0.29, 0.717) is 17.9 Å². The van der Waals surface area contributed by atoms with Gasteiger partial charge in [0.2, 0.25) is 0 Å². The fraction of sp³-hybridized carbons (Fsp3) is 0.857. The zero-order valence-corrected chi connectivity index (χ0v) is 5.30. The van der Waals surface area contributed by atoms with E-state index in [-0.39, 0.29) is 0 Å². The minimum atomic E-state index is 0.372. The molecule has 1 N–H and O–H groups in total. The molecular weight excluding hydrogens is 112 g/mol. The average Bonchev–Trinajstić information content (AvgIpc) is 2.45. The third-order valence-electron chi connectivity index (χ3n) is 2.53. The van der Waals surface area contributed by atoms with Gasteiger partial charge in [0.25, 0.3) is 0 Å². The molecule has 9 heavy (non-hydrogen) atoms. The van der Waals surface area contributed by atoms with E-state index in [9.17, 15) is 0 Å². The Morgan fingerprint density at radius 2 is 2.33 bits per heavy atom. The summed E-state index contributed by atoms with van der Waals surface area (Å²) in [5.41, 5.74) is 0. The van der Waals surface area contributed by atoms with Crippen LogP contribution >= 0.6 is 0 Å². The summed E-state index contributed by atoms with van der Waals surface area (Å²) >= 11 is 0. The number of nitrogens with one attached hydrogen (secondary N) is 1. The summed E-state index contributed by atoms with van der Waals surface area (Å²) in [6.45, 7) is 1.09. The van der Waals surface area contributed by atoms with Crippen molar-refractivity contribution in [1.82, 2.24) is 5.32 Å². The van der Waals surface area contributed by atoms with Crippen LogP contribution < -0.4 is 5.32 Å². The smallest absolute Gasteiger partial charge is 0.0659 e. The monoisotopic (exact) mass is 122 g/mol. The number of rotatable bonds is 0. The molecule has 0 aromatic rings. The quantitative estimate of drug-likeness (QED) is 0.508. The van der Waals surface area contributed by atoms with Crippen molar-refractivity contribution < 1.29 is 0 Å². The van der Waals surface area contributed by atoms with Gasteiger partial charge in [-0.15, -0.1) is 0 Å². The van der Waals surface area contributed by atoms with E-state index < -0.39 is 0 Å². The minimum Gasteiger partial charge on any atom is -0.314 e. The van der Waals surface area contributed by atoms with Crippen LogP contribution in [0, 0.1) is 23.2 Å². The van der Waals surface area contributed by atoms with E-state index in [1.165, 1.54) is 6.42 Å². The van der Waals surface area contributed by atoms with Crippen LogP contribution in [0.3, 0.4) is 0 Å². The van der Waals surface area contributed by atoms with Crippen LogP contribution in [0.15, 0.2) is 0 Å². The van der Waals surface area contributed by atoms with Gasteiger partial charge >= 0.3 is 0 Å². The molecule has 1 saturated carbocycles. The van der Waals surface area contributed by atoms with Gasteiger partial charge in [-0.1, -0.05) is 0 Å². The van der Waals surface area contributed by atoms with E-state index in [2.05, 4.69) is 11.4 Å². The van der Waals surface area contributed by atoms with Gasteiger partial charge in [-0.05, 0) is 25.3 Å².